The monoisotopic (exact) mass is 527 g/mol. The molecule has 220 valence electrons. The molecule has 0 aromatic heterocycles. The van der Waals surface area contributed by atoms with Gasteiger partial charge in [0.05, 0.1) is 0 Å². The first kappa shape index (κ1) is 30.6. The van der Waals surface area contributed by atoms with E-state index in [4.69, 9.17) is 0 Å². The third kappa shape index (κ3) is 8.83. The van der Waals surface area contributed by atoms with Gasteiger partial charge in [-0.05, 0) is 86.9 Å². The highest BCUT2D eigenvalue weighted by Gasteiger charge is 2.45. The first-order valence-corrected chi connectivity index (χ1v) is 18.2. The molecule has 0 aliphatic heterocycles. The van der Waals surface area contributed by atoms with E-state index in [1.54, 1.807) is 0 Å². The van der Waals surface area contributed by atoms with Gasteiger partial charge in [0, 0.05) is 11.8 Å². The number of Topliss-reactive ketones (excluding diaryl/α,β-unsaturated/α-hetero) is 1. The van der Waals surface area contributed by atoms with Gasteiger partial charge < -0.3 is 0 Å². The molecule has 0 spiro atoms. The lowest BCUT2D eigenvalue weighted by Gasteiger charge is -2.44. The van der Waals surface area contributed by atoms with E-state index in [-0.39, 0.29) is 0 Å². The Morgan fingerprint density at radius 3 is 1.16 bits per heavy atom. The number of hydrogen-bond donors (Lipinski definition) is 0. The molecule has 4 fully saturated rings. The molecule has 4 aliphatic carbocycles. The topological polar surface area (TPSA) is 17.1 Å². The zero-order valence-electron chi connectivity index (χ0n) is 25.9. The molecule has 4 rings (SSSR count). The summed E-state index contributed by atoms with van der Waals surface area (Å²) in [5.41, 5.74) is 0. The summed E-state index contributed by atoms with van der Waals surface area (Å²) >= 11 is 0. The van der Waals surface area contributed by atoms with Crippen molar-refractivity contribution in [2.75, 3.05) is 0 Å². The third-order valence-corrected chi connectivity index (χ3v) is 12.2. The summed E-state index contributed by atoms with van der Waals surface area (Å²) in [7, 11) is 0. The summed E-state index contributed by atoms with van der Waals surface area (Å²) < 4.78 is 0. The molecule has 4 aliphatic rings. The van der Waals surface area contributed by atoms with Gasteiger partial charge in [-0.25, -0.2) is 0 Å². The highest BCUT2D eigenvalue weighted by atomic mass is 16.1. The minimum Gasteiger partial charge on any atom is -0.299 e. The SMILES string of the molecule is CCCCC[C@H]1CC[C@H](C(C(=O)C(C2CCCCC2)[C@H]2CC[C@H](CCCCC)CC2)C2CCCCC2)CC1. The summed E-state index contributed by atoms with van der Waals surface area (Å²) in [6, 6.07) is 0. The molecule has 0 aromatic carbocycles. The van der Waals surface area contributed by atoms with Crippen molar-refractivity contribution >= 4 is 5.78 Å². The molecule has 2 unspecified atom stereocenters. The maximum Gasteiger partial charge on any atom is 0.140 e. The zero-order valence-corrected chi connectivity index (χ0v) is 25.9. The van der Waals surface area contributed by atoms with Crippen LogP contribution < -0.4 is 0 Å². The van der Waals surface area contributed by atoms with Crippen LogP contribution in [0.5, 0.6) is 0 Å². The average molecular weight is 527 g/mol. The molecule has 0 aromatic rings. The molecule has 0 N–H and O–H groups in total. The molecule has 0 bridgehead atoms. The minimum atomic E-state index is 0.418. The van der Waals surface area contributed by atoms with E-state index in [1.807, 2.05) is 0 Å². The van der Waals surface area contributed by atoms with Crippen molar-refractivity contribution in [3.63, 3.8) is 0 Å². The van der Waals surface area contributed by atoms with Gasteiger partial charge in [0.15, 0.2) is 0 Å². The Balaban J connectivity index is 1.45. The highest BCUT2D eigenvalue weighted by Crippen LogP contribution is 2.49. The fourth-order valence-corrected chi connectivity index (χ4v) is 9.95. The van der Waals surface area contributed by atoms with E-state index in [9.17, 15) is 0 Å². The van der Waals surface area contributed by atoms with Gasteiger partial charge in [0.1, 0.15) is 5.78 Å². The standard InChI is InChI=1S/C37H66O/c1-3-5-9-15-29-21-25-33(26-22-29)35(31-17-11-7-12-18-31)37(38)36(32-19-13-8-14-20-32)34-27-23-30(24-28-34)16-10-6-4-2/h29-36H,3-28H2,1-2H3/t29-,30-,33-,34-,35?,36?. The number of carbonyl (C=O) groups is 1. The molecule has 1 nitrogen and oxygen atoms in total. The van der Waals surface area contributed by atoms with Gasteiger partial charge in [0.25, 0.3) is 0 Å². The molecule has 0 amide bonds. The Hall–Kier alpha value is -0.330. The van der Waals surface area contributed by atoms with Crippen LogP contribution in [0.4, 0.5) is 0 Å². The molecule has 2 atom stereocenters. The smallest absolute Gasteiger partial charge is 0.140 e. The molecule has 0 heterocycles. The van der Waals surface area contributed by atoms with Crippen molar-refractivity contribution in [3.8, 4) is 0 Å². The lowest BCUT2D eigenvalue weighted by molar-refractivity contribution is -0.137. The van der Waals surface area contributed by atoms with Gasteiger partial charge in [-0.3, -0.25) is 4.79 Å². The van der Waals surface area contributed by atoms with Crippen LogP contribution in [0.2, 0.25) is 0 Å². The zero-order chi connectivity index (χ0) is 26.6. The van der Waals surface area contributed by atoms with Crippen molar-refractivity contribution in [1.29, 1.82) is 0 Å². The molecule has 0 radical (unpaired) electrons. The van der Waals surface area contributed by atoms with E-state index in [0.717, 1.165) is 29.5 Å². The summed E-state index contributed by atoms with van der Waals surface area (Å²) in [6.07, 6.45) is 36.2. The highest BCUT2D eigenvalue weighted by molar-refractivity contribution is 5.84. The summed E-state index contributed by atoms with van der Waals surface area (Å²) in [5, 5.41) is 0. The van der Waals surface area contributed by atoms with E-state index in [1.165, 1.54) is 167 Å². The normalized spacial score (nSPS) is 31.6. The summed E-state index contributed by atoms with van der Waals surface area (Å²) in [4.78, 5) is 15.0. The first-order chi connectivity index (χ1) is 18.7. The van der Waals surface area contributed by atoms with Gasteiger partial charge in [-0.15, -0.1) is 0 Å². The second kappa shape index (κ2) is 16.8. The predicted molar refractivity (Wildman–Crippen MR) is 164 cm³/mol. The Labute approximate surface area is 238 Å². The van der Waals surface area contributed by atoms with Crippen molar-refractivity contribution in [2.45, 2.75) is 181 Å². The molecular formula is C37H66O. The van der Waals surface area contributed by atoms with Crippen LogP contribution in [0.1, 0.15) is 181 Å². The van der Waals surface area contributed by atoms with Crippen molar-refractivity contribution < 1.29 is 4.79 Å². The van der Waals surface area contributed by atoms with Crippen LogP contribution in [-0.4, -0.2) is 5.78 Å². The quantitative estimate of drug-likeness (QED) is 0.206. The van der Waals surface area contributed by atoms with E-state index >= 15 is 4.79 Å². The Morgan fingerprint density at radius 2 is 0.816 bits per heavy atom. The van der Waals surface area contributed by atoms with E-state index in [0.29, 0.717) is 23.7 Å². The summed E-state index contributed by atoms with van der Waals surface area (Å²) in [5.74, 6) is 6.43. The van der Waals surface area contributed by atoms with E-state index in [2.05, 4.69) is 13.8 Å². The largest absolute Gasteiger partial charge is 0.299 e. The van der Waals surface area contributed by atoms with E-state index < -0.39 is 0 Å². The maximum absolute atomic E-state index is 15.0. The number of hydrogen-bond acceptors (Lipinski definition) is 1. The number of unbranched alkanes of at least 4 members (excludes halogenated alkanes) is 4. The van der Waals surface area contributed by atoms with Gasteiger partial charge in [-0.2, -0.15) is 0 Å². The lowest BCUT2D eigenvalue weighted by atomic mass is 9.59. The van der Waals surface area contributed by atoms with Crippen LogP contribution >= 0.6 is 0 Å². The van der Waals surface area contributed by atoms with Crippen LogP contribution in [-0.2, 0) is 4.79 Å². The van der Waals surface area contributed by atoms with Crippen LogP contribution in [0.3, 0.4) is 0 Å². The third-order valence-electron chi connectivity index (χ3n) is 12.2. The van der Waals surface area contributed by atoms with Crippen molar-refractivity contribution in [1.82, 2.24) is 0 Å². The van der Waals surface area contributed by atoms with Crippen LogP contribution in [0.15, 0.2) is 0 Å². The molecule has 38 heavy (non-hydrogen) atoms. The van der Waals surface area contributed by atoms with Crippen molar-refractivity contribution in [3.05, 3.63) is 0 Å². The molecule has 4 saturated carbocycles. The predicted octanol–water partition coefficient (Wildman–Crippen LogP) is 11.7. The van der Waals surface area contributed by atoms with Gasteiger partial charge in [0.2, 0.25) is 0 Å². The van der Waals surface area contributed by atoms with Crippen molar-refractivity contribution in [2.24, 2.45) is 47.3 Å². The average Bonchev–Trinajstić information content (AvgIpc) is 2.96. The minimum absolute atomic E-state index is 0.418. The maximum atomic E-state index is 15.0. The van der Waals surface area contributed by atoms with Crippen LogP contribution in [0, 0.1) is 47.3 Å². The molecule has 1 heteroatoms. The molecule has 0 saturated heterocycles. The molecular weight excluding hydrogens is 460 g/mol. The number of ketones is 1. The second-order valence-corrected chi connectivity index (χ2v) is 14.8. The van der Waals surface area contributed by atoms with Gasteiger partial charge in [-0.1, -0.05) is 129 Å². The first-order valence-electron chi connectivity index (χ1n) is 18.2. The second-order valence-electron chi connectivity index (χ2n) is 14.8. The summed E-state index contributed by atoms with van der Waals surface area (Å²) in [6.45, 7) is 4.66. The Bertz CT molecular complexity index is 571. The fourth-order valence-electron chi connectivity index (χ4n) is 9.95. The number of rotatable bonds is 14. The number of carbonyl (C=O) groups excluding carboxylic acids is 1. The van der Waals surface area contributed by atoms with Crippen LogP contribution in [0.25, 0.3) is 0 Å². The fraction of sp³-hybridized carbons (Fsp3) is 0.973. The van der Waals surface area contributed by atoms with Gasteiger partial charge >= 0.3 is 0 Å². The lowest BCUT2D eigenvalue weighted by Crippen LogP contribution is -2.43. The Morgan fingerprint density at radius 1 is 0.474 bits per heavy atom. The Kier molecular flexibility index (Phi) is 13.6.